The second kappa shape index (κ2) is 12.1. The van der Waals surface area contributed by atoms with E-state index in [1.807, 2.05) is 6.92 Å². The molecule has 1 saturated heterocycles. The van der Waals surface area contributed by atoms with Gasteiger partial charge >= 0.3 is 0 Å². The van der Waals surface area contributed by atoms with Crippen molar-refractivity contribution < 1.29 is 45.2 Å². The minimum atomic E-state index is -1.54. The number of aliphatic hydroxyl groups is 7. The van der Waals surface area contributed by atoms with Gasteiger partial charge in [0.1, 0.15) is 24.4 Å². The van der Waals surface area contributed by atoms with Crippen molar-refractivity contribution in [1.82, 2.24) is 0 Å². The fourth-order valence-electron chi connectivity index (χ4n) is 11.9. The van der Waals surface area contributed by atoms with Gasteiger partial charge in [-0.2, -0.15) is 0 Å². The Bertz CT molecular complexity index is 1100. The molecule has 0 bridgehead atoms. The Kier molecular flexibility index (Phi) is 9.56. The van der Waals surface area contributed by atoms with Gasteiger partial charge in [-0.3, -0.25) is 0 Å². The van der Waals surface area contributed by atoms with Gasteiger partial charge in [0.2, 0.25) is 0 Å². The summed E-state index contributed by atoms with van der Waals surface area (Å²) in [5, 5.41) is 77.2. The maximum Gasteiger partial charge on any atom is 0.186 e. The van der Waals surface area contributed by atoms with Crippen LogP contribution < -0.4 is 0 Å². The molecule has 0 aromatic heterocycles. The Balaban J connectivity index is 1.54. The standard InChI is InChI=1S/C36H62O9/c1-19(2)10-9-13-36(8,43)20-11-15-34(6)26(20)21(38)16-24-33(5)14-12-25(39)32(3,4)30(33)22(17-35(24,34)7)44-31-29(42)28(41)27(40)23(18-37)45-31/h10,20-31,37-43H,9,11-18H2,1-8H3/t20-,21+,22-,23+,24+,25-,26-,27+,28-,29+,30?,31+,33+,34+,35+,36-/m0/s1. The SMILES string of the molecule is CC(C)=CCC[C@](C)(O)[C@H]1CC[C@]2(C)[C@@H]1[C@H](O)C[C@@H]1[C@@]3(C)CC[C@H](O)C(C)(C)C3[C@@H](O[C@@H]3O[C@H](CO)[C@@H](O)[C@H](O)[C@H]3O)C[C@]12C. The Hall–Kier alpha value is -0.620. The number of aliphatic hydroxyl groups excluding tert-OH is 6. The van der Waals surface area contributed by atoms with Gasteiger partial charge in [0.15, 0.2) is 6.29 Å². The fourth-order valence-corrected chi connectivity index (χ4v) is 11.9. The zero-order valence-electron chi connectivity index (χ0n) is 28.8. The van der Waals surface area contributed by atoms with Gasteiger partial charge in [0, 0.05) is 0 Å². The number of hydrogen-bond acceptors (Lipinski definition) is 9. The van der Waals surface area contributed by atoms with E-state index >= 15 is 0 Å². The second-order valence-electron chi connectivity index (χ2n) is 17.5. The summed E-state index contributed by atoms with van der Waals surface area (Å²) in [6.07, 6.45) is -0.603. The predicted octanol–water partition coefficient (Wildman–Crippen LogP) is 3.30. The molecule has 0 aromatic carbocycles. The molecule has 0 radical (unpaired) electrons. The molecule has 45 heavy (non-hydrogen) atoms. The van der Waals surface area contributed by atoms with E-state index < -0.39 is 66.6 Å². The van der Waals surface area contributed by atoms with Gasteiger partial charge < -0.3 is 45.2 Å². The topological polar surface area (TPSA) is 160 Å². The first-order chi connectivity index (χ1) is 20.8. The molecule has 0 spiro atoms. The van der Waals surface area contributed by atoms with E-state index in [9.17, 15) is 35.7 Å². The molecular weight excluding hydrogens is 576 g/mol. The molecule has 4 aliphatic carbocycles. The van der Waals surface area contributed by atoms with Gasteiger partial charge in [-0.15, -0.1) is 0 Å². The van der Waals surface area contributed by atoms with E-state index in [1.54, 1.807) is 0 Å². The summed E-state index contributed by atoms with van der Waals surface area (Å²) in [6, 6.07) is 0. The first-order valence-electron chi connectivity index (χ1n) is 17.4. The largest absolute Gasteiger partial charge is 0.394 e. The van der Waals surface area contributed by atoms with Crippen molar-refractivity contribution in [2.75, 3.05) is 6.61 Å². The number of ether oxygens (including phenoxy) is 2. The van der Waals surface area contributed by atoms with E-state index in [0.717, 1.165) is 25.7 Å². The highest BCUT2D eigenvalue weighted by atomic mass is 16.7. The molecule has 16 atom stereocenters. The maximum atomic E-state index is 12.1. The van der Waals surface area contributed by atoms with E-state index in [0.29, 0.717) is 25.7 Å². The molecule has 1 unspecified atom stereocenters. The summed E-state index contributed by atoms with van der Waals surface area (Å²) in [5.41, 5.74) is -1.21. The molecule has 260 valence electrons. The molecule has 5 aliphatic rings. The smallest absolute Gasteiger partial charge is 0.186 e. The number of hydrogen-bond donors (Lipinski definition) is 7. The molecule has 0 amide bonds. The summed E-state index contributed by atoms with van der Waals surface area (Å²) >= 11 is 0. The Morgan fingerprint density at radius 1 is 0.933 bits per heavy atom. The lowest BCUT2D eigenvalue weighted by Crippen LogP contribution is -2.71. The molecule has 7 N–H and O–H groups in total. The maximum absolute atomic E-state index is 12.1. The third-order valence-electron chi connectivity index (χ3n) is 14.4. The quantitative estimate of drug-likeness (QED) is 0.164. The van der Waals surface area contributed by atoms with Gasteiger partial charge in [0.25, 0.3) is 0 Å². The van der Waals surface area contributed by atoms with Crippen LogP contribution in [0, 0.1) is 45.3 Å². The fraction of sp³-hybridized carbons (Fsp3) is 0.944. The molecule has 1 heterocycles. The van der Waals surface area contributed by atoms with Gasteiger partial charge in [-0.05, 0) is 117 Å². The molecular formula is C36H62O9. The van der Waals surface area contributed by atoms with Crippen LogP contribution in [0.1, 0.15) is 107 Å². The summed E-state index contributed by atoms with van der Waals surface area (Å²) in [6.45, 7) is 16.6. The second-order valence-corrected chi connectivity index (χ2v) is 17.5. The summed E-state index contributed by atoms with van der Waals surface area (Å²) in [5.74, 6) is -0.186. The molecule has 1 aliphatic heterocycles. The van der Waals surface area contributed by atoms with Crippen LogP contribution >= 0.6 is 0 Å². The van der Waals surface area contributed by atoms with Crippen molar-refractivity contribution in [3.8, 4) is 0 Å². The van der Waals surface area contributed by atoms with Crippen molar-refractivity contribution >= 4 is 0 Å². The van der Waals surface area contributed by atoms with Crippen LogP contribution in [0.25, 0.3) is 0 Å². The van der Waals surface area contributed by atoms with Crippen LogP contribution in [0.5, 0.6) is 0 Å². The minimum Gasteiger partial charge on any atom is -0.394 e. The Labute approximate surface area is 270 Å². The number of fused-ring (bicyclic) bond motifs is 5. The van der Waals surface area contributed by atoms with Crippen molar-refractivity contribution in [3.63, 3.8) is 0 Å². The van der Waals surface area contributed by atoms with Crippen LogP contribution in [0.15, 0.2) is 11.6 Å². The van der Waals surface area contributed by atoms with E-state index in [1.165, 1.54) is 5.57 Å². The highest BCUT2D eigenvalue weighted by Gasteiger charge is 2.73. The Morgan fingerprint density at radius 2 is 1.60 bits per heavy atom. The average Bonchev–Trinajstić information content (AvgIpc) is 3.33. The predicted molar refractivity (Wildman–Crippen MR) is 170 cm³/mol. The molecule has 0 aromatic rings. The van der Waals surface area contributed by atoms with Crippen molar-refractivity contribution in [2.24, 2.45) is 45.3 Å². The van der Waals surface area contributed by atoms with Crippen LogP contribution in [-0.4, -0.2) is 97.0 Å². The van der Waals surface area contributed by atoms with Gasteiger partial charge in [-0.25, -0.2) is 0 Å². The van der Waals surface area contributed by atoms with Crippen LogP contribution in [0.4, 0.5) is 0 Å². The lowest BCUT2D eigenvalue weighted by atomic mass is 9.34. The highest BCUT2D eigenvalue weighted by molar-refractivity contribution is 5.22. The van der Waals surface area contributed by atoms with Crippen molar-refractivity contribution in [2.45, 2.75) is 161 Å². The first kappa shape index (κ1) is 35.7. The summed E-state index contributed by atoms with van der Waals surface area (Å²) in [4.78, 5) is 0. The molecule has 9 heteroatoms. The van der Waals surface area contributed by atoms with Gasteiger partial charge in [-0.1, -0.05) is 46.3 Å². The Morgan fingerprint density at radius 3 is 2.22 bits per heavy atom. The number of rotatable bonds is 7. The average molecular weight is 639 g/mol. The summed E-state index contributed by atoms with van der Waals surface area (Å²) < 4.78 is 12.6. The van der Waals surface area contributed by atoms with Crippen molar-refractivity contribution in [1.29, 1.82) is 0 Å². The molecule has 5 fully saturated rings. The third kappa shape index (κ3) is 5.48. The minimum absolute atomic E-state index is 0.0548. The van der Waals surface area contributed by atoms with E-state index in [4.69, 9.17) is 9.47 Å². The lowest BCUT2D eigenvalue weighted by Gasteiger charge is -2.72. The molecule has 5 rings (SSSR count). The molecule has 9 nitrogen and oxygen atoms in total. The monoisotopic (exact) mass is 638 g/mol. The van der Waals surface area contributed by atoms with E-state index in [2.05, 4.69) is 54.5 Å². The zero-order valence-corrected chi connectivity index (χ0v) is 28.8. The number of allylic oxidation sites excluding steroid dienone is 2. The van der Waals surface area contributed by atoms with E-state index in [-0.39, 0.29) is 39.9 Å². The summed E-state index contributed by atoms with van der Waals surface area (Å²) in [7, 11) is 0. The van der Waals surface area contributed by atoms with Crippen LogP contribution in [-0.2, 0) is 9.47 Å². The van der Waals surface area contributed by atoms with Gasteiger partial charge in [0.05, 0.1) is 30.5 Å². The first-order valence-corrected chi connectivity index (χ1v) is 17.4. The van der Waals surface area contributed by atoms with Crippen LogP contribution in [0.3, 0.4) is 0 Å². The highest BCUT2D eigenvalue weighted by Crippen LogP contribution is 2.76. The van der Waals surface area contributed by atoms with Crippen molar-refractivity contribution in [3.05, 3.63) is 11.6 Å². The molecule has 4 saturated carbocycles. The van der Waals surface area contributed by atoms with Crippen LogP contribution in [0.2, 0.25) is 0 Å². The zero-order chi connectivity index (χ0) is 33.5. The normalized spacial score (nSPS) is 52.2. The lowest BCUT2D eigenvalue weighted by molar-refractivity contribution is -0.346. The third-order valence-corrected chi connectivity index (χ3v) is 14.4.